The van der Waals surface area contributed by atoms with Crippen LogP contribution in [0.1, 0.15) is 0 Å². The van der Waals surface area contributed by atoms with Gasteiger partial charge < -0.3 is 15.1 Å². The Morgan fingerprint density at radius 1 is 1.15 bits per heavy atom. The molecule has 5 nitrogen and oxygen atoms in total. The van der Waals surface area contributed by atoms with Gasteiger partial charge in [0, 0.05) is 31.1 Å². The first-order valence-corrected chi connectivity index (χ1v) is 10.7. The molecule has 1 N–H and O–H groups in total. The highest BCUT2D eigenvalue weighted by atomic mass is 32.2. The summed E-state index contributed by atoms with van der Waals surface area (Å²) >= 11 is 3.38. The van der Waals surface area contributed by atoms with Gasteiger partial charge >= 0.3 is 6.03 Å². The van der Waals surface area contributed by atoms with Crippen molar-refractivity contribution in [3.05, 3.63) is 48.3 Å². The molecule has 140 valence electrons. The monoisotopic (exact) mass is 402 g/mol. The van der Waals surface area contributed by atoms with E-state index in [2.05, 4.69) is 34.7 Å². The Labute approximate surface area is 165 Å². The molecule has 1 aliphatic heterocycles. The van der Waals surface area contributed by atoms with Crippen LogP contribution in [0.2, 0.25) is 0 Å². The number of halogens is 1. The first-order valence-electron chi connectivity index (χ1n) is 8.64. The third kappa shape index (κ3) is 3.72. The third-order valence-electron chi connectivity index (χ3n) is 4.54. The lowest BCUT2D eigenvalue weighted by Gasteiger charge is -2.34. The van der Waals surface area contributed by atoms with Gasteiger partial charge in [0.05, 0.1) is 15.9 Å². The third-order valence-corrected chi connectivity index (χ3v) is 6.39. The topological polar surface area (TPSA) is 48.5 Å². The number of para-hydroxylation sites is 2. The lowest BCUT2D eigenvalue weighted by molar-refractivity contribution is 0.208. The molecule has 1 aromatic heterocycles. The number of urea groups is 1. The molecule has 0 bridgehead atoms. The van der Waals surface area contributed by atoms with Gasteiger partial charge in [0.25, 0.3) is 0 Å². The quantitative estimate of drug-likeness (QED) is 0.655. The second-order valence-corrected chi connectivity index (χ2v) is 8.04. The lowest BCUT2D eigenvalue weighted by atomic mass is 10.3. The molecule has 2 aromatic carbocycles. The molecule has 0 radical (unpaired) electrons. The molecular formula is C19H19FN4OS2. The maximum absolute atomic E-state index is 13.7. The maximum Gasteiger partial charge on any atom is 0.322 e. The van der Waals surface area contributed by atoms with Crippen molar-refractivity contribution in [1.82, 2.24) is 9.88 Å². The van der Waals surface area contributed by atoms with Gasteiger partial charge in [-0.3, -0.25) is 0 Å². The first-order chi connectivity index (χ1) is 13.2. The molecule has 0 unspecified atom stereocenters. The van der Waals surface area contributed by atoms with Gasteiger partial charge in [0.2, 0.25) is 0 Å². The number of nitrogens with one attached hydrogen (secondary N) is 1. The van der Waals surface area contributed by atoms with E-state index in [4.69, 9.17) is 4.98 Å². The number of aromatic nitrogens is 1. The number of carbonyl (C=O) groups is 1. The van der Waals surface area contributed by atoms with Gasteiger partial charge in [-0.2, -0.15) is 0 Å². The molecule has 0 saturated carbocycles. The summed E-state index contributed by atoms with van der Waals surface area (Å²) < 4.78 is 14.9. The summed E-state index contributed by atoms with van der Waals surface area (Å²) in [6.07, 6.45) is 2.06. The van der Waals surface area contributed by atoms with Crippen LogP contribution in [0.5, 0.6) is 0 Å². The largest absolute Gasteiger partial charge is 0.345 e. The maximum atomic E-state index is 13.7. The van der Waals surface area contributed by atoms with Gasteiger partial charge in [-0.25, -0.2) is 14.2 Å². The van der Waals surface area contributed by atoms with Gasteiger partial charge in [-0.05, 0) is 30.5 Å². The summed E-state index contributed by atoms with van der Waals surface area (Å²) in [6.45, 7) is 2.56. The molecule has 2 heterocycles. The van der Waals surface area contributed by atoms with Crippen LogP contribution in [0.25, 0.3) is 10.2 Å². The van der Waals surface area contributed by atoms with Crippen LogP contribution in [0.4, 0.5) is 20.0 Å². The molecule has 0 spiro atoms. The van der Waals surface area contributed by atoms with Crippen molar-refractivity contribution in [1.29, 1.82) is 0 Å². The molecule has 0 atom stereocenters. The van der Waals surface area contributed by atoms with Gasteiger partial charge in [0.15, 0.2) is 5.13 Å². The fourth-order valence-corrected chi connectivity index (χ4v) is 4.74. The normalized spacial score (nSPS) is 14.6. The molecule has 3 aromatic rings. The van der Waals surface area contributed by atoms with Crippen LogP contribution < -0.4 is 10.2 Å². The summed E-state index contributed by atoms with van der Waals surface area (Å²) in [5, 5.41) is 3.64. The summed E-state index contributed by atoms with van der Waals surface area (Å²) in [7, 11) is 0. The summed E-state index contributed by atoms with van der Waals surface area (Å²) in [6, 6.07) is 12.2. The van der Waals surface area contributed by atoms with Crippen LogP contribution in [0.3, 0.4) is 0 Å². The van der Waals surface area contributed by atoms with Gasteiger partial charge in [-0.15, -0.1) is 11.8 Å². The van der Waals surface area contributed by atoms with Crippen molar-refractivity contribution >= 4 is 50.2 Å². The van der Waals surface area contributed by atoms with Crippen molar-refractivity contribution in [2.45, 2.75) is 4.90 Å². The van der Waals surface area contributed by atoms with E-state index in [0.717, 1.165) is 10.6 Å². The molecule has 8 heteroatoms. The number of piperazine rings is 1. The van der Waals surface area contributed by atoms with Crippen LogP contribution in [0.15, 0.2) is 47.4 Å². The Morgan fingerprint density at radius 2 is 1.93 bits per heavy atom. The Balaban J connectivity index is 1.41. The number of nitrogens with zero attached hydrogens (tertiary/aromatic N) is 3. The number of hydrogen-bond acceptors (Lipinski definition) is 5. The first kappa shape index (κ1) is 18.1. The van der Waals surface area contributed by atoms with Crippen molar-refractivity contribution in [3.63, 3.8) is 0 Å². The highest BCUT2D eigenvalue weighted by Gasteiger charge is 2.24. The van der Waals surface area contributed by atoms with E-state index < -0.39 is 5.82 Å². The zero-order valence-corrected chi connectivity index (χ0v) is 16.4. The molecular weight excluding hydrogens is 383 g/mol. The van der Waals surface area contributed by atoms with Gasteiger partial charge in [-0.1, -0.05) is 29.5 Å². The van der Waals surface area contributed by atoms with E-state index in [1.54, 1.807) is 46.2 Å². The number of carbonyl (C=O) groups excluding carboxylic acids is 1. The average Bonchev–Trinajstić information content (AvgIpc) is 3.14. The fourth-order valence-electron chi connectivity index (χ4n) is 3.07. The zero-order valence-electron chi connectivity index (χ0n) is 14.8. The SMILES string of the molecule is CSc1cccc2sc(N3CCN(C(=O)Nc4ccccc4F)CC3)nc12. The minimum absolute atomic E-state index is 0.209. The van der Waals surface area contributed by atoms with Crippen LogP contribution >= 0.6 is 23.1 Å². The minimum atomic E-state index is -0.427. The molecule has 2 amide bonds. The highest BCUT2D eigenvalue weighted by molar-refractivity contribution is 7.98. The van der Waals surface area contributed by atoms with Crippen LogP contribution in [-0.2, 0) is 0 Å². The number of rotatable bonds is 3. The smallest absolute Gasteiger partial charge is 0.322 e. The molecule has 4 rings (SSSR count). The number of amides is 2. The van der Waals surface area contributed by atoms with E-state index in [9.17, 15) is 9.18 Å². The molecule has 1 aliphatic rings. The molecule has 1 fully saturated rings. The van der Waals surface area contributed by atoms with Gasteiger partial charge in [0.1, 0.15) is 5.82 Å². The van der Waals surface area contributed by atoms with Crippen molar-refractivity contribution < 1.29 is 9.18 Å². The van der Waals surface area contributed by atoms with Crippen LogP contribution in [0, 0.1) is 5.82 Å². The molecule has 1 saturated heterocycles. The molecule has 0 aliphatic carbocycles. The number of hydrogen-bond donors (Lipinski definition) is 1. The number of thiazole rings is 1. The number of anilines is 2. The van der Waals surface area contributed by atoms with E-state index in [1.807, 2.05) is 0 Å². The van der Waals surface area contributed by atoms with Crippen molar-refractivity contribution in [3.8, 4) is 0 Å². The van der Waals surface area contributed by atoms with Crippen molar-refractivity contribution in [2.24, 2.45) is 0 Å². The standard InChI is InChI=1S/C19H19FN4OS2/c1-26-15-7-4-8-16-17(15)22-19(27-16)24-11-9-23(10-12-24)18(25)21-14-6-3-2-5-13(14)20/h2-8H,9-12H2,1H3,(H,21,25). The van der Waals surface area contributed by atoms with Crippen LogP contribution in [-0.4, -0.2) is 48.3 Å². The average molecular weight is 403 g/mol. The van der Waals surface area contributed by atoms with E-state index in [0.29, 0.717) is 26.2 Å². The Morgan fingerprint density at radius 3 is 2.67 bits per heavy atom. The highest BCUT2D eigenvalue weighted by Crippen LogP contribution is 2.34. The number of benzene rings is 2. The predicted molar refractivity (Wildman–Crippen MR) is 111 cm³/mol. The Kier molecular flexibility index (Phi) is 5.18. The minimum Gasteiger partial charge on any atom is -0.345 e. The Hall–Kier alpha value is -2.32. The number of thioether (sulfide) groups is 1. The van der Waals surface area contributed by atoms with E-state index >= 15 is 0 Å². The second kappa shape index (κ2) is 7.74. The summed E-state index contributed by atoms with van der Waals surface area (Å²) in [4.78, 5) is 22.3. The number of fused-ring (bicyclic) bond motifs is 1. The van der Waals surface area contributed by atoms with E-state index in [1.165, 1.54) is 15.7 Å². The fraction of sp³-hybridized carbons (Fsp3) is 0.263. The second-order valence-electron chi connectivity index (χ2n) is 6.19. The summed E-state index contributed by atoms with van der Waals surface area (Å²) in [5.41, 5.74) is 1.26. The Bertz CT molecular complexity index is 969. The molecule has 27 heavy (non-hydrogen) atoms. The zero-order chi connectivity index (χ0) is 18.8. The predicted octanol–water partition coefficient (Wildman–Crippen LogP) is 4.51. The lowest BCUT2D eigenvalue weighted by Crippen LogP contribution is -2.50. The summed E-state index contributed by atoms with van der Waals surface area (Å²) in [5.74, 6) is -0.427. The van der Waals surface area contributed by atoms with E-state index in [-0.39, 0.29) is 11.7 Å². The van der Waals surface area contributed by atoms with Crippen molar-refractivity contribution in [2.75, 3.05) is 42.7 Å².